The van der Waals surface area contributed by atoms with Crippen LogP contribution in [-0.2, 0) is 11.2 Å². The number of para-hydroxylation sites is 1. The van der Waals surface area contributed by atoms with E-state index < -0.39 is 6.04 Å². The van der Waals surface area contributed by atoms with Crippen molar-refractivity contribution >= 4 is 11.8 Å². The molecule has 2 aliphatic heterocycles. The summed E-state index contributed by atoms with van der Waals surface area (Å²) in [7, 11) is 1.68. The molecule has 3 aromatic rings. The van der Waals surface area contributed by atoms with E-state index in [4.69, 9.17) is 14.2 Å². The summed E-state index contributed by atoms with van der Waals surface area (Å²) in [5.74, 6) is 1.36. The SMILES string of the molecule is C[C@H]1C/C=C/C[C@H](c2ccc3c(c2)OCO3)NC(=O)[C@H](Cc2ccccc2)N(C)C(=O)c2ccccc2O1. The van der Waals surface area contributed by atoms with Crippen LogP contribution in [0.1, 0.15) is 47.3 Å². The molecule has 2 aliphatic rings. The lowest BCUT2D eigenvalue weighted by Crippen LogP contribution is -2.49. The molecule has 5 rings (SSSR count). The van der Waals surface area contributed by atoms with Gasteiger partial charge in [0.15, 0.2) is 11.5 Å². The number of hydrogen-bond donors (Lipinski definition) is 1. The van der Waals surface area contributed by atoms with E-state index in [1.54, 1.807) is 19.2 Å². The first kappa shape index (κ1) is 25.4. The van der Waals surface area contributed by atoms with E-state index in [0.717, 1.165) is 11.1 Å². The van der Waals surface area contributed by atoms with Gasteiger partial charge in [0, 0.05) is 19.9 Å². The van der Waals surface area contributed by atoms with Crippen LogP contribution in [0.2, 0.25) is 0 Å². The number of hydrogen-bond acceptors (Lipinski definition) is 5. The monoisotopic (exact) mass is 512 g/mol. The summed E-state index contributed by atoms with van der Waals surface area (Å²) in [6.07, 6.45) is 5.60. The number of rotatable bonds is 3. The second-order valence-corrected chi connectivity index (χ2v) is 9.66. The Morgan fingerprint density at radius 2 is 1.61 bits per heavy atom. The Hall–Kier alpha value is -4.26. The lowest BCUT2D eigenvalue weighted by atomic mass is 9.99. The first-order valence-electron chi connectivity index (χ1n) is 12.9. The van der Waals surface area contributed by atoms with E-state index in [1.165, 1.54) is 4.90 Å². The predicted molar refractivity (Wildman–Crippen MR) is 144 cm³/mol. The summed E-state index contributed by atoms with van der Waals surface area (Å²) in [4.78, 5) is 29.2. The van der Waals surface area contributed by atoms with Crippen LogP contribution in [0.25, 0.3) is 0 Å². The van der Waals surface area contributed by atoms with Crippen molar-refractivity contribution in [2.45, 2.75) is 44.4 Å². The Morgan fingerprint density at radius 1 is 0.868 bits per heavy atom. The number of nitrogens with one attached hydrogen (secondary N) is 1. The molecule has 7 heteroatoms. The topological polar surface area (TPSA) is 77.1 Å². The number of amides is 2. The van der Waals surface area contributed by atoms with Gasteiger partial charge in [-0.15, -0.1) is 0 Å². The summed E-state index contributed by atoms with van der Waals surface area (Å²) in [6, 6.07) is 21.6. The van der Waals surface area contributed by atoms with Gasteiger partial charge in [0.1, 0.15) is 11.8 Å². The van der Waals surface area contributed by atoms with Gasteiger partial charge in [0.2, 0.25) is 12.7 Å². The van der Waals surface area contributed by atoms with Crippen LogP contribution < -0.4 is 19.5 Å². The van der Waals surface area contributed by atoms with Crippen LogP contribution in [0.3, 0.4) is 0 Å². The average Bonchev–Trinajstić information content (AvgIpc) is 3.41. The molecule has 0 bridgehead atoms. The third kappa shape index (κ3) is 5.67. The molecule has 0 saturated carbocycles. The fraction of sp³-hybridized carbons (Fsp3) is 0.290. The highest BCUT2D eigenvalue weighted by atomic mass is 16.7. The highest BCUT2D eigenvalue weighted by molar-refractivity contribution is 5.99. The quantitative estimate of drug-likeness (QED) is 0.496. The molecule has 0 radical (unpaired) electrons. The minimum absolute atomic E-state index is 0.132. The second-order valence-electron chi connectivity index (χ2n) is 9.66. The van der Waals surface area contributed by atoms with E-state index in [2.05, 4.69) is 17.5 Å². The minimum Gasteiger partial charge on any atom is -0.490 e. The van der Waals surface area contributed by atoms with Crippen LogP contribution in [0.5, 0.6) is 17.2 Å². The fourth-order valence-electron chi connectivity index (χ4n) is 4.78. The van der Waals surface area contributed by atoms with Gasteiger partial charge >= 0.3 is 0 Å². The Balaban J connectivity index is 1.51. The van der Waals surface area contributed by atoms with Crippen LogP contribution >= 0.6 is 0 Å². The number of carbonyl (C=O) groups excluding carboxylic acids is 2. The summed E-state index contributed by atoms with van der Waals surface area (Å²) >= 11 is 0. The number of likely N-dealkylation sites (N-methyl/N-ethyl adjacent to an activating group) is 1. The molecule has 196 valence electrons. The van der Waals surface area contributed by atoms with Gasteiger partial charge in [-0.1, -0.05) is 60.7 Å². The molecule has 3 aromatic carbocycles. The van der Waals surface area contributed by atoms with Crippen molar-refractivity contribution < 1.29 is 23.8 Å². The van der Waals surface area contributed by atoms with Crippen molar-refractivity contribution in [1.29, 1.82) is 0 Å². The van der Waals surface area contributed by atoms with Crippen molar-refractivity contribution in [3.63, 3.8) is 0 Å². The zero-order valence-electron chi connectivity index (χ0n) is 21.6. The van der Waals surface area contributed by atoms with Gasteiger partial charge in [0.25, 0.3) is 5.91 Å². The van der Waals surface area contributed by atoms with Crippen molar-refractivity contribution in [1.82, 2.24) is 10.2 Å². The summed E-state index contributed by atoms with van der Waals surface area (Å²) in [6.45, 7) is 2.16. The summed E-state index contributed by atoms with van der Waals surface area (Å²) < 4.78 is 17.2. The smallest absolute Gasteiger partial charge is 0.258 e. The zero-order valence-corrected chi connectivity index (χ0v) is 21.6. The summed E-state index contributed by atoms with van der Waals surface area (Å²) in [5, 5.41) is 3.22. The van der Waals surface area contributed by atoms with Crippen LogP contribution in [0, 0.1) is 0 Å². The maximum absolute atomic E-state index is 13.9. The third-order valence-corrected chi connectivity index (χ3v) is 6.93. The highest BCUT2D eigenvalue weighted by Gasteiger charge is 2.31. The molecular formula is C31H32N2O5. The molecule has 0 aromatic heterocycles. The first-order valence-corrected chi connectivity index (χ1v) is 12.9. The molecular weight excluding hydrogens is 480 g/mol. The van der Waals surface area contributed by atoms with Crippen molar-refractivity contribution in [2.24, 2.45) is 0 Å². The molecule has 0 fully saturated rings. The number of nitrogens with zero attached hydrogens (tertiary/aromatic N) is 1. The zero-order chi connectivity index (χ0) is 26.5. The van der Waals surface area contributed by atoms with Crippen LogP contribution in [0.15, 0.2) is 84.9 Å². The Labute approximate surface area is 223 Å². The third-order valence-electron chi connectivity index (χ3n) is 6.93. The van der Waals surface area contributed by atoms with Gasteiger partial charge in [-0.25, -0.2) is 0 Å². The second kappa shape index (κ2) is 11.4. The Bertz CT molecular complexity index is 1320. The number of benzene rings is 3. The van der Waals surface area contributed by atoms with E-state index >= 15 is 0 Å². The number of fused-ring (bicyclic) bond motifs is 2. The normalized spacial score (nSPS) is 22.6. The van der Waals surface area contributed by atoms with Gasteiger partial charge in [-0.05, 0) is 48.7 Å². The number of ether oxygens (including phenoxy) is 3. The van der Waals surface area contributed by atoms with E-state index in [9.17, 15) is 9.59 Å². The molecule has 2 heterocycles. The molecule has 0 spiro atoms. The maximum atomic E-state index is 13.9. The first-order chi connectivity index (χ1) is 18.5. The molecule has 7 nitrogen and oxygen atoms in total. The van der Waals surface area contributed by atoms with Crippen LogP contribution in [0.4, 0.5) is 0 Å². The molecule has 38 heavy (non-hydrogen) atoms. The lowest BCUT2D eigenvalue weighted by Gasteiger charge is -2.30. The maximum Gasteiger partial charge on any atom is 0.258 e. The largest absolute Gasteiger partial charge is 0.490 e. The van der Waals surface area contributed by atoms with Crippen molar-refractivity contribution in [3.8, 4) is 17.2 Å². The van der Waals surface area contributed by atoms with Gasteiger partial charge in [-0.3, -0.25) is 9.59 Å². The van der Waals surface area contributed by atoms with Gasteiger partial charge in [0.05, 0.1) is 17.7 Å². The Kier molecular flexibility index (Phi) is 7.63. The van der Waals surface area contributed by atoms with Crippen LogP contribution in [-0.4, -0.2) is 42.7 Å². The fourth-order valence-corrected chi connectivity index (χ4v) is 4.78. The van der Waals surface area contributed by atoms with Crippen molar-refractivity contribution in [3.05, 3.63) is 102 Å². The molecule has 0 unspecified atom stereocenters. The Morgan fingerprint density at radius 3 is 2.45 bits per heavy atom. The predicted octanol–water partition coefficient (Wildman–Crippen LogP) is 5.07. The average molecular weight is 513 g/mol. The highest BCUT2D eigenvalue weighted by Crippen LogP contribution is 2.35. The van der Waals surface area contributed by atoms with Gasteiger partial charge in [-0.2, -0.15) is 0 Å². The molecule has 1 N–H and O–H groups in total. The lowest BCUT2D eigenvalue weighted by molar-refractivity contribution is -0.126. The summed E-state index contributed by atoms with van der Waals surface area (Å²) in [5.41, 5.74) is 2.30. The van der Waals surface area contributed by atoms with Gasteiger partial charge < -0.3 is 24.4 Å². The van der Waals surface area contributed by atoms with Crippen molar-refractivity contribution in [2.75, 3.05) is 13.8 Å². The molecule has 0 saturated heterocycles. The molecule has 2 amide bonds. The van der Waals surface area contributed by atoms with E-state index in [-0.39, 0.29) is 30.8 Å². The minimum atomic E-state index is -0.737. The number of carbonyl (C=O) groups is 2. The van der Waals surface area contributed by atoms with E-state index in [0.29, 0.717) is 42.1 Å². The molecule has 3 atom stereocenters. The standard InChI is InChI=1S/C31H32N2O5/c1-21-10-6-8-14-25(23-16-17-28-29(19-23)37-20-36-28)32-30(34)26(18-22-11-4-3-5-12-22)33(2)31(35)24-13-7-9-15-27(24)38-21/h3-9,11-13,15-17,19,21,25-26H,10,14,18,20H2,1-2H3,(H,32,34)/b8-6+/t21-,25+,26-/m0/s1. The van der Waals surface area contributed by atoms with E-state index in [1.807, 2.05) is 67.6 Å². The molecule has 0 aliphatic carbocycles.